The van der Waals surface area contributed by atoms with Crippen LogP contribution in [0.25, 0.3) is 143 Å². The molecule has 0 unspecified atom stereocenters. The van der Waals surface area contributed by atoms with E-state index in [9.17, 15) is 0 Å². The number of para-hydroxylation sites is 4. The van der Waals surface area contributed by atoms with Crippen molar-refractivity contribution in [3.05, 3.63) is 218 Å². The maximum Gasteiger partial charge on any atom is 0.161 e. The smallest absolute Gasteiger partial charge is 0.161 e. The molecular weight excluding hydrogens is 817 g/mol. The number of hydrogen-bond acceptors (Lipinski definition) is 3. The zero-order valence-electron chi connectivity index (χ0n) is 36.0. The molecule has 0 spiro atoms. The number of nitrogens with zero attached hydrogens (tertiary/aromatic N) is 4. The van der Waals surface area contributed by atoms with Crippen LogP contribution in [0.4, 0.5) is 0 Å². The average Bonchev–Trinajstić information content (AvgIpc) is 4.03. The molecule has 0 fully saturated rings. The number of benzene rings is 11. The molecule has 0 radical (unpaired) electrons. The van der Waals surface area contributed by atoms with Crippen LogP contribution in [-0.2, 0) is 0 Å². The first-order valence-corrected chi connectivity index (χ1v) is 22.8. The Labute approximate surface area is 383 Å². The fourth-order valence-corrected chi connectivity index (χ4v) is 11.2. The Morgan fingerprint density at radius 1 is 0.313 bits per heavy atom. The molecule has 310 valence electrons. The Kier molecular flexibility index (Phi) is 7.44. The molecule has 5 heteroatoms. The minimum Gasteiger partial charge on any atom is -0.456 e. The molecule has 0 saturated carbocycles. The second kappa shape index (κ2) is 13.7. The number of hydrogen-bond donors (Lipinski definition) is 0. The van der Waals surface area contributed by atoms with E-state index < -0.39 is 0 Å². The van der Waals surface area contributed by atoms with Gasteiger partial charge in [0.1, 0.15) is 11.2 Å². The molecule has 4 heterocycles. The third kappa shape index (κ3) is 5.19. The van der Waals surface area contributed by atoms with E-state index in [1.54, 1.807) is 0 Å². The van der Waals surface area contributed by atoms with E-state index in [-0.39, 0.29) is 0 Å². The summed E-state index contributed by atoms with van der Waals surface area (Å²) in [6, 6.07) is 78.6. The highest BCUT2D eigenvalue weighted by atomic mass is 16.3. The Morgan fingerprint density at radius 3 is 1.66 bits per heavy atom. The minimum absolute atomic E-state index is 0.679. The van der Waals surface area contributed by atoms with Crippen LogP contribution in [0.1, 0.15) is 0 Å². The van der Waals surface area contributed by atoms with Gasteiger partial charge in [0.05, 0.1) is 44.7 Å². The summed E-state index contributed by atoms with van der Waals surface area (Å²) in [5, 5.41) is 15.1. The van der Waals surface area contributed by atoms with Crippen molar-refractivity contribution >= 4 is 109 Å². The van der Waals surface area contributed by atoms with E-state index in [1.165, 1.54) is 54.1 Å². The van der Waals surface area contributed by atoms with Gasteiger partial charge in [-0.2, -0.15) is 0 Å². The lowest BCUT2D eigenvalue weighted by atomic mass is 9.99. The van der Waals surface area contributed by atoms with Crippen LogP contribution in [0.15, 0.2) is 223 Å². The minimum atomic E-state index is 0.679. The summed E-state index contributed by atoms with van der Waals surface area (Å²) in [7, 11) is 0. The van der Waals surface area contributed by atoms with Crippen molar-refractivity contribution in [1.29, 1.82) is 0 Å². The molecule has 15 aromatic rings. The third-order valence-corrected chi connectivity index (χ3v) is 14.1. The second-order valence-electron chi connectivity index (χ2n) is 17.7. The molecule has 0 atom stereocenters. The highest BCUT2D eigenvalue weighted by molar-refractivity contribution is 6.19. The first kappa shape index (κ1) is 36.3. The number of fused-ring (bicyclic) bond motifs is 13. The van der Waals surface area contributed by atoms with Gasteiger partial charge in [0.2, 0.25) is 0 Å². The van der Waals surface area contributed by atoms with E-state index in [0.717, 1.165) is 82.8 Å². The lowest BCUT2D eigenvalue weighted by Crippen LogP contribution is -1.99. The zero-order chi connectivity index (χ0) is 43.7. The standard InChI is InChI=1S/C62H36N4O/c1-2-16-38-35-56-49(33-37(38)15-1)42-18-4-9-28-53(42)66(56)55-29-11-17-39-34-50-43-19-5-8-27-52(43)65(57(50)36-48(39)55)54-30-13-22-40-41(54)23-12-24-44(40)62-63-51-26-7-3-20-45(51)61(64-62)47-25-14-32-59-60(47)46-21-6-10-31-58(46)67-59/h1-36H. The highest BCUT2D eigenvalue weighted by Crippen LogP contribution is 2.43. The molecule has 0 amide bonds. The quantitative estimate of drug-likeness (QED) is 0.177. The van der Waals surface area contributed by atoms with Crippen molar-refractivity contribution < 1.29 is 4.42 Å². The molecule has 5 nitrogen and oxygen atoms in total. The van der Waals surface area contributed by atoms with Crippen molar-refractivity contribution in [2.75, 3.05) is 0 Å². The normalized spacial score (nSPS) is 12.2. The number of rotatable bonds is 4. The van der Waals surface area contributed by atoms with Crippen molar-refractivity contribution in [1.82, 2.24) is 19.1 Å². The molecule has 15 rings (SSSR count). The highest BCUT2D eigenvalue weighted by Gasteiger charge is 2.22. The molecule has 0 bridgehead atoms. The SMILES string of the molecule is c1ccc2cc3c(cc2c1)c1ccccc1n3-c1cccc2cc3c4ccccc4n(-c4cccc5c(-c6nc(-c7cccc8oc9ccccc9c78)c7ccccc7n6)cccc45)c3cc12. The van der Waals surface area contributed by atoms with Crippen molar-refractivity contribution in [3.63, 3.8) is 0 Å². The van der Waals surface area contributed by atoms with Crippen LogP contribution >= 0.6 is 0 Å². The van der Waals surface area contributed by atoms with Gasteiger partial charge in [-0.1, -0.05) is 152 Å². The molecule has 0 aliphatic heterocycles. The summed E-state index contributed by atoms with van der Waals surface area (Å²) in [6.07, 6.45) is 0. The van der Waals surface area contributed by atoms with E-state index in [4.69, 9.17) is 14.4 Å². The molecule has 11 aromatic carbocycles. The Morgan fingerprint density at radius 2 is 0.851 bits per heavy atom. The first-order chi connectivity index (χ1) is 33.2. The van der Waals surface area contributed by atoms with Crippen molar-refractivity contribution in [2.24, 2.45) is 0 Å². The summed E-state index contributed by atoms with van der Waals surface area (Å²) in [5.41, 5.74) is 12.4. The van der Waals surface area contributed by atoms with E-state index >= 15 is 0 Å². The lowest BCUT2D eigenvalue weighted by Gasteiger charge is -2.16. The van der Waals surface area contributed by atoms with E-state index in [0.29, 0.717) is 5.82 Å². The fraction of sp³-hybridized carbons (Fsp3) is 0. The topological polar surface area (TPSA) is 48.8 Å². The maximum absolute atomic E-state index is 6.36. The van der Waals surface area contributed by atoms with Crippen LogP contribution < -0.4 is 0 Å². The Bertz CT molecular complexity index is 4590. The summed E-state index contributed by atoms with van der Waals surface area (Å²) < 4.78 is 11.3. The maximum atomic E-state index is 6.36. The van der Waals surface area contributed by atoms with Gasteiger partial charge in [0.15, 0.2) is 5.82 Å². The lowest BCUT2D eigenvalue weighted by molar-refractivity contribution is 0.669. The zero-order valence-corrected chi connectivity index (χ0v) is 36.0. The van der Waals surface area contributed by atoms with Gasteiger partial charge in [-0.05, 0) is 88.3 Å². The van der Waals surface area contributed by atoms with Crippen molar-refractivity contribution in [2.45, 2.75) is 0 Å². The summed E-state index contributed by atoms with van der Waals surface area (Å²) >= 11 is 0. The van der Waals surface area contributed by atoms with Gasteiger partial charge in [-0.25, -0.2) is 9.97 Å². The fourth-order valence-electron chi connectivity index (χ4n) is 11.2. The first-order valence-electron chi connectivity index (χ1n) is 22.8. The van der Waals surface area contributed by atoms with Gasteiger partial charge < -0.3 is 13.6 Å². The monoisotopic (exact) mass is 852 g/mol. The summed E-state index contributed by atoms with van der Waals surface area (Å²) in [5.74, 6) is 0.679. The van der Waals surface area contributed by atoms with Crippen LogP contribution in [0.3, 0.4) is 0 Å². The van der Waals surface area contributed by atoms with Crippen LogP contribution in [0.5, 0.6) is 0 Å². The summed E-state index contributed by atoms with van der Waals surface area (Å²) in [6.45, 7) is 0. The number of aromatic nitrogens is 4. The largest absolute Gasteiger partial charge is 0.456 e. The van der Waals surface area contributed by atoms with Crippen LogP contribution in [0.2, 0.25) is 0 Å². The Balaban J connectivity index is 0.975. The van der Waals surface area contributed by atoms with E-state index in [2.05, 4.69) is 209 Å². The molecule has 0 saturated heterocycles. The average molecular weight is 853 g/mol. The van der Waals surface area contributed by atoms with Crippen LogP contribution in [0, 0.1) is 0 Å². The van der Waals surface area contributed by atoms with Gasteiger partial charge in [-0.3, -0.25) is 0 Å². The molecule has 0 N–H and O–H groups in total. The summed E-state index contributed by atoms with van der Waals surface area (Å²) in [4.78, 5) is 10.8. The molecule has 67 heavy (non-hydrogen) atoms. The Hall–Kier alpha value is -9.06. The van der Waals surface area contributed by atoms with Gasteiger partial charge in [0.25, 0.3) is 0 Å². The molecule has 0 aliphatic rings. The van der Waals surface area contributed by atoms with Gasteiger partial charge in [0, 0.05) is 59.6 Å². The van der Waals surface area contributed by atoms with Crippen molar-refractivity contribution in [3.8, 4) is 34.0 Å². The van der Waals surface area contributed by atoms with Crippen LogP contribution in [-0.4, -0.2) is 19.1 Å². The predicted molar refractivity (Wildman–Crippen MR) is 279 cm³/mol. The molecule has 4 aromatic heterocycles. The molecular formula is C62H36N4O. The predicted octanol–water partition coefficient (Wildman–Crippen LogP) is 16.5. The van der Waals surface area contributed by atoms with Gasteiger partial charge >= 0.3 is 0 Å². The van der Waals surface area contributed by atoms with Gasteiger partial charge in [-0.15, -0.1) is 0 Å². The molecule has 0 aliphatic carbocycles. The second-order valence-corrected chi connectivity index (χ2v) is 17.7. The third-order valence-electron chi connectivity index (χ3n) is 14.1. The number of furan rings is 1. The van der Waals surface area contributed by atoms with E-state index in [1.807, 2.05) is 18.2 Å².